The molecule has 0 bridgehead atoms. The zero-order valence-corrected chi connectivity index (χ0v) is 7.63. The van der Waals surface area contributed by atoms with Crippen LogP contribution in [-0.4, -0.2) is 9.97 Å². The van der Waals surface area contributed by atoms with E-state index in [0.717, 1.165) is 17.1 Å². The minimum absolute atomic E-state index is 0.688. The standard InChI is InChI=1S/C9H13N3/c1-6(10)4-9-11-7(2)5-8(3)12-9/h4-5H,10H2,1-3H3/b6-4-. The molecule has 12 heavy (non-hydrogen) atoms. The van der Waals surface area contributed by atoms with Crippen molar-refractivity contribution in [3.63, 3.8) is 0 Å². The lowest BCUT2D eigenvalue weighted by atomic mass is 10.3. The van der Waals surface area contributed by atoms with Crippen molar-refractivity contribution in [1.82, 2.24) is 9.97 Å². The van der Waals surface area contributed by atoms with E-state index in [-0.39, 0.29) is 0 Å². The van der Waals surface area contributed by atoms with Crippen LogP contribution in [-0.2, 0) is 0 Å². The van der Waals surface area contributed by atoms with Crippen molar-refractivity contribution in [3.8, 4) is 0 Å². The third kappa shape index (κ3) is 2.34. The number of nitrogens with two attached hydrogens (primary N) is 1. The van der Waals surface area contributed by atoms with E-state index in [0.29, 0.717) is 5.82 Å². The van der Waals surface area contributed by atoms with Gasteiger partial charge in [-0.1, -0.05) is 0 Å². The van der Waals surface area contributed by atoms with E-state index in [9.17, 15) is 0 Å². The van der Waals surface area contributed by atoms with Gasteiger partial charge in [-0.25, -0.2) is 9.97 Å². The van der Waals surface area contributed by atoms with Crippen molar-refractivity contribution >= 4 is 6.08 Å². The normalized spacial score (nSPS) is 11.8. The van der Waals surface area contributed by atoms with Crippen molar-refractivity contribution in [2.75, 3.05) is 0 Å². The highest BCUT2D eigenvalue weighted by molar-refractivity contribution is 5.43. The molecule has 0 atom stereocenters. The van der Waals surface area contributed by atoms with E-state index < -0.39 is 0 Å². The summed E-state index contributed by atoms with van der Waals surface area (Å²) in [5, 5.41) is 0. The molecule has 0 aliphatic carbocycles. The Balaban J connectivity index is 3.09. The minimum atomic E-state index is 0.688. The highest BCUT2D eigenvalue weighted by Gasteiger charge is 1.95. The van der Waals surface area contributed by atoms with Crippen LogP contribution >= 0.6 is 0 Å². The van der Waals surface area contributed by atoms with Gasteiger partial charge in [0.05, 0.1) is 0 Å². The molecule has 1 aromatic rings. The molecule has 0 spiro atoms. The lowest BCUT2D eigenvalue weighted by molar-refractivity contribution is 1.03. The molecule has 0 fully saturated rings. The molecule has 0 aliphatic rings. The summed E-state index contributed by atoms with van der Waals surface area (Å²) in [5.41, 5.74) is 8.16. The second-order valence-electron chi connectivity index (χ2n) is 2.90. The highest BCUT2D eigenvalue weighted by atomic mass is 14.9. The Labute approximate surface area is 72.3 Å². The quantitative estimate of drug-likeness (QED) is 0.681. The van der Waals surface area contributed by atoms with Crippen LogP contribution in [0.2, 0.25) is 0 Å². The first-order valence-electron chi connectivity index (χ1n) is 3.84. The van der Waals surface area contributed by atoms with Gasteiger partial charge in [0.25, 0.3) is 0 Å². The van der Waals surface area contributed by atoms with Crippen LogP contribution in [0, 0.1) is 13.8 Å². The summed E-state index contributed by atoms with van der Waals surface area (Å²) in [4.78, 5) is 8.41. The highest BCUT2D eigenvalue weighted by Crippen LogP contribution is 2.01. The van der Waals surface area contributed by atoms with Gasteiger partial charge in [0.2, 0.25) is 0 Å². The predicted molar refractivity (Wildman–Crippen MR) is 49.3 cm³/mol. The minimum Gasteiger partial charge on any atom is -0.402 e. The molecule has 0 saturated heterocycles. The van der Waals surface area contributed by atoms with Gasteiger partial charge in [-0.2, -0.15) is 0 Å². The van der Waals surface area contributed by atoms with E-state index in [1.807, 2.05) is 26.8 Å². The number of hydrogen-bond acceptors (Lipinski definition) is 3. The summed E-state index contributed by atoms with van der Waals surface area (Å²) in [6.07, 6.45) is 1.76. The molecule has 1 heterocycles. The first kappa shape index (κ1) is 8.71. The number of aromatic nitrogens is 2. The second-order valence-corrected chi connectivity index (χ2v) is 2.90. The smallest absolute Gasteiger partial charge is 0.154 e. The molecule has 3 heteroatoms. The van der Waals surface area contributed by atoms with E-state index in [2.05, 4.69) is 9.97 Å². The molecule has 0 saturated carbocycles. The Kier molecular flexibility index (Phi) is 2.43. The largest absolute Gasteiger partial charge is 0.402 e. The summed E-state index contributed by atoms with van der Waals surface area (Å²) >= 11 is 0. The third-order valence-corrected chi connectivity index (χ3v) is 1.36. The maximum absolute atomic E-state index is 5.51. The molecule has 64 valence electrons. The summed E-state index contributed by atoms with van der Waals surface area (Å²) in [6, 6.07) is 1.93. The van der Waals surface area contributed by atoms with E-state index in [4.69, 9.17) is 5.73 Å². The van der Waals surface area contributed by atoms with Gasteiger partial charge in [0.1, 0.15) is 0 Å². The Morgan fingerprint density at radius 1 is 1.33 bits per heavy atom. The SMILES string of the molecule is C/C(N)=C/c1nc(C)cc(C)n1. The van der Waals surface area contributed by atoms with E-state index in [1.165, 1.54) is 0 Å². The molecule has 0 aliphatic heterocycles. The Hall–Kier alpha value is -1.38. The van der Waals surface area contributed by atoms with Gasteiger partial charge in [0.15, 0.2) is 5.82 Å². The molecule has 0 radical (unpaired) electrons. The molecule has 0 aromatic carbocycles. The number of hydrogen-bond donors (Lipinski definition) is 1. The zero-order chi connectivity index (χ0) is 9.14. The monoisotopic (exact) mass is 163 g/mol. The summed E-state index contributed by atoms with van der Waals surface area (Å²) in [6.45, 7) is 5.71. The van der Waals surface area contributed by atoms with Crippen molar-refractivity contribution in [1.29, 1.82) is 0 Å². The summed E-state index contributed by atoms with van der Waals surface area (Å²) < 4.78 is 0. The van der Waals surface area contributed by atoms with Crippen LogP contribution in [0.25, 0.3) is 6.08 Å². The van der Waals surface area contributed by atoms with Gasteiger partial charge >= 0.3 is 0 Å². The lowest BCUT2D eigenvalue weighted by Gasteiger charge is -1.98. The lowest BCUT2D eigenvalue weighted by Crippen LogP contribution is -1.96. The first-order chi connectivity index (χ1) is 5.58. The van der Waals surface area contributed by atoms with Crippen molar-refractivity contribution in [2.24, 2.45) is 5.73 Å². The average molecular weight is 163 g/mol. The van der Waals surface area contributed by atoms with Crippen molar-refractivity contribution in [3.05, 3.63) is 29.0 Å². The molecular formula is C9H13N3. The fourth-order valence-electron chi connectivity index (χ4n) is 1.02. The van der Waals surface area contributed by atoms with E-state index in [1.54, 1.807) is 6.08 Å². The van der Waals surface area contributed by atoms with Gasteiger partial charge in [0, 0.05) is 23.2 Å². The number of nitrogens with zero attached hydrogens (tertiary/aromatic N) is 2. The van der Waals surface area contributed by atoms with Crippen LogP contribution in [0.15, 0.2) is 11.8 Å². The second kappa shape index (κ2) is 3.34. The Morgan fingerprint density at radius 2 is 1.83 bits per heavy atom. The first-order valence-corrected chi connectivity index (χ1v) is 3.84. The number of aryl methyl sites for hydroxylation is 2. The molecule has 2 N–H and O–H groups in total. The maximum atomic E-state index is 5.51. The van der Waals surface area contributed by atoms with Crippen molar-refractivity contribution < 1.29 is 0 Å². The fraction of sp³-hybridized carbons (Fsp3) is 0.333. The summed E-state index contributed by atoms with van der Waals surface area (Å²) in [5.74, 6) is 0.688. The van der Waals surface area contributed by atoms with Crippen LogP contribution in [0.5, 0.6) is 0 Å². The van der Waals surface area contributed by atoms with Gasteiger partial charge in [-0.05, 0) is 26.8 Å². The molecule has 0 amide bonds. The molecule has 0 unspecified atom stereocenters. The van der Waals surface area contributed by atoms with E-state index >= 15 is 0 Å². The van der Waals surface area contributed by atoms with Crippen LogP contribution in [0.1, 0.15) is 24.1 Å². The predicted octanol–water partition coefficient (Wildman–Crippen LogP) is 1.41. The van der Waals surface area contributed by atoms with Crippen LogP contribution in [0.4, 0.5) is 0 Å². The van der Waals surface area contributed by atoms with Crippen molar-refractivity contribution in [2.45, 2.75) is 20.8 Å². The fourth-order valence-corrected chi connectivity index (χ4v) is 1.02. The van der Waals surface area contributed by atoms with Gasteiger partial charge in [-0.3, -0.25) is 0 Å². The number of rotatable bonds is 1. The zero-order valence-electron chi connectivity index (χ0n) is 7.63. The van der Waals surface area contributed by atoms with Gasteiger partial charge in [-0.15, -0.1) is 0 Å². The third-order valence-electron chi connectivity index (χ3n) is 1.36. The number of allylic oxidation sites excluding steroid dienone is 1. The molecule has 3 nitrogen and oxygen atoms in total. The van der Waals surface area contributed by atoms with Gasteiger partial charge < -0.3 is 5.73 Å². The average Bonchev–Trinajstić information content (AvgIpc) is 1.81. The molecular weight excluding hydrogens is 150 g/mol. The Bertz CT molecular complexity index is 291. The topological polar surface area (TPSA) is 51.8 Å². The molecule has 1 aromatic heterocycles. The van der Waals surface area contributed by atoms with Crippen LogP contribution < -0.4 is 5.73 Å². The molecule has 1 rings (SSSR count). The summed E-state index contributed by atoms with van der Waals surface area (Å²) in [7, 11) is 0. The van der Waals surface area contributed by atoms with Crippen LogP contribution in [0.3, 0.4) is 0 Å². The maximum Gasteiger partial charge on any atom is 0.154 e. The Morgan fingerprint density at radius 3 is 2.25 bits per heavy atom.